The number of hydrogen-bond donors (Lipinski definition) is 0. The van der Waals surface area contributed by atoms with Crippen molar-refractivity contribution in [3.05, 3.63) is 60.7 Å². The van der Waals surface area contributed by atoms with Crippen molar-refractivity contribution in [3.63, 3.8) is 0 Å². The van der Waals surface area contributed by atoms with Gasteiger partial charge in [0.2, 0.25) is 0 Å². The van der Waals surface area contributed by atoms with Gasteiger partial charge in [0.1, 0.15) is 18.3 Å². The number of methoxy groups -OCH3 is 1. The molecule has 2 aromatic carbocycles. The Morgan fingerprint density at radius 3 is 2.41 bits per heavy atom. The van der Waals surface area contributed by atoms with E-state index >= 15 is 0 Å². The molecule has 0 saturated heterocycles. The summed E-state index contributed by atoms with van der Waals surface area (Å²) in [6.07, 6.45) is 6.98. The summed E-state index contributed by atoms with van der Waals surface area (Å²) in [5.41, 5.74) is 0.0692. The van der Waals surface area contributed by atoms with E-state index in [1.54, 1.807) is 0 Å². The lowest BCUT2D eigenvalue weighted by Crippen LogP contribution is -2.63. The van der Waals surface area contributed by atoms with E-state index in [2.05, 4.69) is 27.4 Å². The molecule has 4 aliphatic carbocycles. The first-order chi connectivity index (χ1) is 23.4. The lowest BCUT2D eigenvalue weighted by atomic mass is 9.43. The molecular weight excluding hydrogens is 620 g/mol. The van der Waals surface area contributed by atoms with Gasteiger partial charge < -0.3 is 18.9 Å². The largest absolute Gasteiger partial charge is 0.469 e. The maximum Gasteiger partial charge on any atom is 0.338 e. The number of rotatable bonds is 9. The molecule has 0 unspecified atom stereocenters. The first-order valence-corrected chi connectivity index (χ1v) is 18.2. The van der Waals surface area contributed by atoms with Crippen molar-refractivity contribution in [1.82, 2.24) is 0 Å². The first kappa shape index (κ1) is 35.2. The Balaban J connectivity index is 1.36. The number of hydrogen-bond acceptors (Lipinski definition) is 8. The van der Waals surface area contributed by atoms with E-state index in [-0.39, 0.29) is 82.6 Å². The fourth-order valence-electron chi connectivity index (χ4n) is 11.1. The van der Waals surface area contributed by atoms with E-state index in [4.69, 9.17) is 18.9 Å². The van der Waals surface area contributed by atoms with E-state index in [1.807, 2.05) is 42.5 Å². The quantitative estimate of drug-likeness (QED) is 0.151. The molecule has 11 atom stereocenters. The van der Waals surface area contributed by atoms with E-state index in [1.165, 1.54) is 20.1 Å². The molecule has 0 bridgehead atoms. The monoisotopic (exact) mass is 672 g/mol. The highest BCUT2D eigenvalue weighted by molar-refractivity contribution is 5.95. The van der Waals surface area contributed by atoms with Crippen LogP contribution in [0.5, 0.6) is 0 Å². The van der Waals surface area contributed by atoms with Crippen molar-refractivity contribution in [2.75, 3.05) is 7.11 Å². The molecule has 4 fully saturated rings. The molecule has 2 aromatic rings. The summed E-state index contributed by atoms with van der Waals surface area (Å²) in [6.45, 7) is 11.9. The van der Waals surface area contributed by atoms with Crippen LogP contribution in [0.4, 0.5) is 0 Å². The Morgan fingerprint density at radius 2 is 1.69 bits per heavy atom. The number of carbonyl (C=O) groups excluding carboxylic acids is 4. The van der Waals surface area contributed by atoms with E-state index in [0.717, 1.165) is 36.5 Å². The predicted molar refractivity (Wildman–Crippen MR) is 185 cm³/mol. The highest BCUT2D eigenvalue weighted by Crippen LogP contribution is 2.69. The van der Waals surface area contributed by atoms with Crippen molar-refractivity contribution < 1.29 is 38.1 Å². The summed E-state index contributed by atoms with van der Waals surface area (Å²) in [5, 5.41) is 2.05. The van der Waals surface area contributed by atoms with Gasteiger partial charge in [-0.05, 0) is 109 Å². The average Bonchev–Trinajstić information content (AvgIpc) is 3.45. The molecule has 264 valence electrons. The summed E-state index contributed by atoms with van der Waals surface area (Å²) >= 11 is 0. The molecular formula is C41H52O8. The van der Waals surface area contributed by atoms with Crippen molar-refractivity contribution in [2.24, 2.45) is 46.3 Å². The van der Waals surface area contributed by atoms with Gasteiger partial charge in [-0.25, -0.2) is 9.59 Å². The van der Waals surface area contributed by atoms with E-state index in [9.17, 15) is 19.2 Å². The Hall–Kier alpha value is -3.68. The van der Waals surface area contributed by atoms with Gasteiger partial charge in [0.05, 0.1) is 12.7 Å². The lowest BCUT2D eigenvalue weighted by molar-refractivity contribution is -0.218. The summed E-state index contributed by atoms with van der Waals surface area (Å²) < 4.78 is 23.7. The SMILES string of the molecule is C=CC(=O)O[C@@H]1CC[C@@]2(C)[C@H](C1)C[C@@H](OC(=O)c1ccc3ccccc3c1)[C@@H]1[C@@H]2C[C@H](OC(C)=O)[C@]2(C)[C@@H]([C@H](C)CCC(=O)OC)CC[C@@H]12. The van der Waals surface area contributed by atoms with Gasteiger partial charge in [-0.2, -0.15) is 0 Å². The zero-order valence-electron chi connectivity index (χ0n) is 29.7. The van der Waals surface area contributed by atoms with Gasteiger partial charge in [-0.3, -0.25) is 9.59 Å². The number of benzene rings is 2. The smallest absolute Gasteiger partial charge is 0.338 e. The Morgan fingerprint density at radius 1 is 0.939 bits per heavy atom. The molecule has 0 spiro atoms. The summed E-state index contributed by atoms with van der Waals surface area (Å²) in [7, 11) is 1.42. The third kappa shape index (κ3) is 6.52. The minimum atomic E-state index is -0.414. The Labute approximate surface area is 290 Å². The minimum Gasteiger partial charge on any atom is -0.469 e. The molecule has 0 aliphatic heterocycles. The molecule has 0 N–H and O–H groups in total. The van der Waals surface area contributed by atoms with Crippen LogP contribution in [-0.2, 0) is 33.3 Å². The first-order valence-electron chi connectivity index (χ1n) is 18.2. The highest BCUT2D eigenvalue weighted by Gasteiger charge is 2.67. The molecule has 0 heterocycles. The molecule has 4 saturated carbocycles. The highest BCUT2D eigenvalue weighted by atomic mass is 16.6. The topological polar surface area (TPSA) is 105 Å². The number of esters is 4. The third-order valence-electron chi connectivity index (χ3n) is 13.5. The Bertz CT molecular complexity index is 1600. The van der Waals surface area contributed by atoms with Gasteiger partial charge in [-0.15, -0.1) is 0 Å². The van der Waals surface area contributed by atoms with Gasteiger partial charge in [0, 0.05) is 30.8 Å². The van der Waals surface area contributed by atoms with E-state index < -0.39 is 5.97 Å². The normalized spacial score (nSPS) is 35.5. The van der Waals surface area contributed by atoms with E-state index in [0.29, 0.717) is 37.7 Å². The van der Waals surface area contributed by atoms with Crippen molar-refractivity contribution in [1.29, 1.82) is 0 Å². The van der Waals surface area contributed by atoms with Crippen LogP contribution in [-0.4, -0.2) is 49.3 Å². The summed E-state index contributed by atoms with van der Waals surface area (Å²) in [6, 6.07) is 13.7. The molecule has 8 heteroatoms. The molecule has 4 aliphatic rings. The molecule has 6 rings (SSSR count). The fourth-order valence-corrected chi connectivity index (χ4v) is 11.1. The van der Waals surface area contributed by atoms with Crippen molar-refractivity contribution in [3.8, 4) is 0 Å². The summed E-state index contributed by atoms with van der Waals surface area (Å²) in [4.78, 5) is 51.1. The van der Waals surface area contributed by atoms with Crippen LogP contribution in [0.2, 0.25) is 0 Å². The van der Waals surface area contributed by atoms with Gasteiger partial charge in [0.15, 0.2) is 0 Å². The zero-order chi connectivity index (χ0) is 35.1. The van der Waals surface area contributed by atoms with Crippen LogP contribution in [0.3, 0.4) is 0 Å². The van der Waals surface area contributed by atoms with Gasteiger partial charge >= 0.3 is 23.9 Å². The van der Waals surface area contributed by atoms with Crippen molar-refractivity contribution in [2.45, 2.75) is 104 Å². The fraction of sp³-hybridized carbons (Fsp3) is 0.610. The average molecular weight is 673 g/mol. The maximum absolute atomic E-state index is 14.0. The lowest BCUT2D eigenvalue weighted by Gasteiger charge is -2.64. The second kappa shape index (κ2) is 13.9. The van der Waals surface area contributed by atoms with Crippen LogP contribution in [0.25, 0.3) is 10.8 Å². The van der Waals surface area contributed by atoms with Crippen LogP contribution in [0.1, 0.15) is 95.8 Å². The second-order valence-electron chi connectivity index (χ2n) is 15.7. The maximum atomic E-state index is 14.0. The number of carbonyl (C=O) groups is 4. The van der Waals surface area contributed by atoms with Crippen LogP contribution >= 0.6 is 0 Å². The second-order valence-corrected chi connectivity index (χ2v) is 15.7. The van der Waals surface area contributed by atoms with Crippen LogP contribution < -0.4 is 0 Å². The summed E-state index contributed by atoms with van der Waals surface area (Å²) in [5.74, 6) is -0.274. The number of fused-ring (bicyclic) bond motifs is 6. The molecule has 8 nitrogen and oxygen atoms in total. The minimum absolute atomic E-state index is 0.0764. The van der Waals surface area contributed by atoms with Gasteiger partial charge in [0.25, 0.3) is 0 Å². The molecule has 49 heavy (non-hydrogen) atoms. The third-order valence-corrected chi connectivity index (χ3v) is 13.5. The van der Waals surface area contributed by atoms with Crippen LogP contribution in [0, 0.1) is 46.3 Å². The molecule has 0 aromatic heterocycles. The van der Waals surface area contributed by atoms with Crippen molar-refractivity contribution >= 4 is 34.6 Å². The molecule has 0 radical (unpaired) electrons. The Kier molecular flexibility index (Phi) is 9.98. The molecule has 0 amide bonds. The zero-order valence-corrected chi connectivity index (χ0v) is 29.7. The standard InChI is InChI=1S/C41H52O8/c1-7-36(43)48-30-18-19-40(4)29(21-30)22-34(49-39(45)28-14-13-26-10-8-9-11-27(26)20-28)38-32-16-15-31(24(2)12-17-37(44)46-6)41(32,5)35(23-33(38)40)47-25(3)42/h7-11,13-14,20,24,29-35,38H,1,12,15-19,21-23H2,2-6H3/t24-,29-,30-,31-,32+,33+,34-,35+,38+,40+,41-/m1/s1. The predicted octanol–water partition coefficient (Wildman–Crippen LogP) is 7.86. The number of ether oxygens (including phenoxy) is 4. The van der Waals surface area contributed by atoms with Crippen LogP contribution in [0.15, 0.2) is 55.1 Å². The van der Waals surface area contributed by atoms with Gasteiger partial charge in [-0.1, -0.05) is 57.7 Å².